The van der Waals surface area contributed by atoms with E-state index in [1.165, 1.54) is 12.8 Å². The molecule has 0 aromatic heterocycles. The van der Waals surface area contributed by atoms with E-state index < -0.39 is 0 Å². The Morgan fingerprint density at radius 2 is 2.00 bits per heavy atom. The van der Waals surface area contributed by atoms with Gasteiger partial charge in [0.2, 0.25) is 0 Å². The van der Waals surface area contributed by atoms with Crippen LogP contribution in [-0.4, -0.2) is 35.1 Å². The van der Waals surface area contributed by atoms with E-state index in [1.54, 1.807) is 0 Å². The third-order valence-corrected chi connectivity index (χ3v) is 3.86. The van der Waals surface area contributed by atoms with Gasteiger partial charge in [0.15, 0.2) is 0 Å². The second-order valence-electron chi connectivity index (χ2n) is 4.94. The van der Waals surface area contributed by atoms with E-state index in [-0.39, 0.29) is 36.8 Å². The number of ether oxygens (including phenoxy) is 1. The molecule has 2 aliphatic heterocycles. The van der Waals surface area contributed by atoms with Crippen molar-refractivity contribution in [1.82, 2.24) is 0 Å². The first-order chi connectivity index (χ1) is 7.77. The normalized spacial score (nSPS) is 38.2. The molecule has 0 saturated carbocycles. The molecule has 0 radical (unpaired) electrons. The number of hydrogen-bond acceptors (Lipinski definition) is 3. The van der Waals surface area contributed by atoms with E-state index in [9.17, 15) is 10.2 Å². The van der Waals surface area contributed by atoms with Crippen LogP contribution in [0.1, 0.15) is 32.6 Å². The topological polar surface area (TPSA) is 49.7 Å². The maximum Gasteiger partial charge on any atom is 0.0822 e. The largest absolute Gasteiger partial charge is 0.396 e. The van der Waals surface area contributed by atoms with Crippen molar-refractivity contribution in [2.75, 3.05) is 6.61 Å². The van der Waals surface area contributed by atoms with E-state index in [0.29, 0.717) is 0 Å². The third-order valence-electron chi connectivity index (χ3n) is 3.86. The molecule has 3 nitrogen and oxygen atoms in total. The van der Waals surface area contributed by atoms with Gasteiger partial charge in [-0.25, -0.2) is 0 Å². The Hall–Kier alpha value is -0.380. The summed E-state index contributed by atoms with van der Waals surface area (Å²) in [7, 11) is 0. The lowest BCUT2D eigenvalue weighted by molar-refractivity contribution is 0.0402. The van der Waals surface area contributed by atoms with Crippen LogP contribution >= 0.6 is 0 Å². The van der Waals surface area contributed by atoms with Gasteiger partial charge in [-0.2, -0.15) is 0 Å². The van der Waals surface area contributed by atoms with Crippen molar-refractivity contribution in [3.05, 3.63) is 12.2 Å². The fourth-order valence-corrected chi connectivity index (χ4v) is 2.94. The van der Waals surface area contributed by atoms with Crippen molar-refractivity contribution < 1.29 is 14.9 Å². The third kappa shape index (κ3) is 2.17. The van der Waals surface area contributed by atoms with Crippen LogP contribution in [0.3, 0.4) is 0 Å². The standard InChI is InChI=1S/C13H22O3/c1-2-3-4-5-10(15)13-9(8-14)11-6-7-12(13)16-11/h6-7,9-15H,2-5,8H2,1H3/t9-,10-,11-,12+,13+/m1/s1. The molecule has 1 fully saturated rings. The molecule has 0 unspecified atom stereocenters. The van der Waals surface area contributed by atoms with Crippen LogP contribution in [0.4, 0.5) is 0 Å². The van der Waals surface area contributed by atoms with Gasteiger partial charge in [0.1, 0.15) is 0 Å². The Bertz CT molecular complexity index is 252. The van der Waals surface area contributed by atoms with Crippen LogP contribution in [-0.2, 0) is 4.74 Å². The highest BCUT2D eigenvalue weighted by Crippen LogP contribution is 2.41. The van der Waals surface area contributed by atoms with E-state index >= 15 is 0 Å². The highest BCUT2D eigenvalue weighted by Gasteiger charge is 2.48. The molecular weight excluding hydrogens is 204 g/mol. The molecule has 2 heterocycles. The zero-order valence-corrected chi connectivity index (χ0v) is 9.88. The molecule has 0 spiro atoms. The zero-order chi connectivity index (χ0) is 11.5. The Morgan fingerprint density at radius 3 is 2.69 bits per heavy atom. The number of hydrogen-bond donors (Lipinski definition) is 2. The number of fused-ring (bicyclic) bond motifs is 2. The van der Waals surface area contributed by atoms with Crippen LogP contribution in [0.15, 0.2) is 12.2 Å². The maximum atomic E-state index is 10.2. The lowest BCUT2D eigenvalue weighted by atomic mass is 9.78. The highest BCUT2D eigenvalue weighted by molar-refractivity contribution is 5.15. The van der Waals surface area contributed by atoms with Gasteiger partial charge < -0.3 is 14.9 Å². The smallest absolute Gasteiger partial charge is 0.0822 e. The molecule has 2 aliphatic rings. The molecule has 1 saturated heterocycles. The van der Waals surface area contributed by atoms with Crippen LogP contribution in [0.25, 0.3) is 0 Å². The van der Waals surface area contributed by atoms with Gasteiger partial charge in [-0.05, 0) is 6.42 Å². The average molecular weight is 226 g/mol. The second-order valence-corrected chi connectivity index (χ2v) is 4.94. The van der Waals surface area contributed by atoms with Gasteiger partial charge in [0.05, 0.1) is 18.3 Å². The van der Waals surface area contributed by atoms with Gasteiger partial charge in [0, 0.05) is 18.4 Å². The van der Waals surface area contributed by atoms with Crippen LogP contribution < -0.4 is 0 Å². The molecule has 16 heavy (non-hydrogen) atoms. The average Bonchev–Trinajstić information content (AvgIpc) is 2.88. The molecule has 2 bridgehead atoms. The van der Waals surface area contributed by atoms with E-state index in [4.69, 9.17) is 4.74 Å². The molecule has 3 heteroatoms. The molecule has 0 aromatic rings. The molecule has 0 aliphatic carbocycles. The summed E-state index contributed by atoms with van der Waals surface area (Å²) in [6.07, 6.45) is 8.00. The molecular formula is C13H22O3. The van der Waals surface area contributed by atoms with Gasteiger partial charge in [0.25, 0.3) is 0 Å². The number of rotatable bonds is 6. The van der Waals surface area contributed by atoms with Gasteiger partial charge in [-0.15, -0.1) is 0 Å². The summed E-state index contributed by atoms with van der Waals surface area (Å²) >= 11 is 0. The predicted molar refractivity (Wildman–Crippen MR) is 62.0 cm³/mol. The number of unbranched alkanes of at least 4 members (excludes halogenated alkanes) is 2. The molecule has 2 N–H and O–H groups in total. The van der Waals surface area contributed by atoms with Gasteiger partial charge in [-0.1, -0.05) is 38.3 Å². The number of aliphatic hydroxyl groups excluding tert-OH is 2. The maximum absolute atomic E-state index is 10.2. The first-order valence-corrected chi connectivity index (χ1v) is 6.40. The van der Waals surface area contributed by atoms with Crippen molar-refractivity contribution in [3.8, 4) is 0 Å². The quantitative estimate of drug-likeness (QED) is 0.533. The first kappa shape index (κ1) is 12.1. The molecule has 5 atom stereocenters. The Kier molecular flexibility index (Phi) is 4.00. The second kappa shape index (κ2) is 5.30. The summed E-state index contributed by atoms with van der Waals surface area (Å²) in [5.74, 6) is 0.184. The minimum absolute atomic E-state index is 0.0266. The van der Waals surface area contributed by atoms with Crippen LogP contribution in [0, 0.1) is 11.8 Å². The van der Waals surface area contributed by atoms with Crippen molar-refractivity contribution in [1.29, 1.82) is 0 Å². The van der Waals surface area contributed by atoms with Crippen LogP contribution in [0.5, 0.6) is 0 Å². The van der Waals surface area contributed by atoms with Gasteiger partial charge >= 0.3 is 0 Å². The summed E-state index contributed by atoms with van der Waals surface area (Å²) in [5.41, 5.74) is 0. The lowest BCUT2D eigenvalue weighted by Crippen LogP contribution is -2.36. The number of aliphatic hydroxyl groups is 2. The Morgan fingerprint density at radius 1 is 1.25 bits per heavy atom. The summed E-state index contributed by atoms with van der Waals surface area (Å²) in [6, 6.07) is 0. The summed E-state index contributed by atoms with van der Waals surface area (Å²) < 4.78 is 5.68. The monoisotopic (exact) mass is 226 g/mol. The van der Waals surface area contributed by atoms with E-state index in [1.807, 2.05) is 12.2 Å². The fraction of sp³-hybridized carbons (Fsp3) is 0.846. The van der Waals surface area contributed by atoms with Crippen molar-refractivity contribution in [2.24, 2.45) is 11.8 Å². The van der Waals surface area contributed by atoms with Crippen molar-refractivity contribution in [2.45, 2.75) is 50.9 Å². The molecule has 0 aromatic carbocycles. The SMILES string of the molecule is CCCCC[C@@H](O)[C@@H]1[C@H](CO)[C@H]2C=C[C@@H]1O2. The Balaban J connectivity index is 1.90. The summed E-state index contributed by atoms with van der Waals surface area (Å²) in [5, 5.41) is 19.5. The highest BCUT2D eigenvalue weighted by atomic mass is 16.5. The molecule has 0 amide bonds. The van der Waals surface area contributed by atoms with Gasteiger partial charge in [-0.3, -0.25) is 0 Å². The van der Waals surface area contributed by atoms with Crippen LogP contribution in [0.2, 0.25) is 0 Å². The fourth-order valence-electron chi connectivity index (χ4n) is 2.94. The van der Waals surface area contributed by atoms with E-state index in [2.05, 4.69) is 6.92 Å². The minimum atomic E-state index is -0.330. The molecule has 92 valence electrons. The minimum Gasteiger partial charge on any atom is -0.396 e. The zero-order valence-electron chi connectivity index (χ0n) is 9.88. The summed E-state index contributed by atoms with van der Waals surface area (Å²) in [6.45, 7) is 2.27. The first-order valence-electron chi connectivity index (χ1n) is 6.40. The van der Waals surface area contributed by atoms with Crippen molar-refractivity contribution >= 4 is 0 Å². The van der Waals surface area contributed by atoms with E-state index in [0.717, 1.165) is 12.8 Å². The summed E-state index contributed by atoms with van der Waals surface area (Å²) in [4.78, 5) is 0. The van der Waals surface area contributed by atoms with Crippen molar-refractivity contribution in [3.63, 3.8) is 0 Å². The Labute approximate surface area is 97.1 Å². The molecule has 2 rings (SSSR count). The predicted octanol–water partition coefficient (Wildman–Crippen LogP) is 1.49. The lowest BCUT2D eigenvalue weighted by Gasteiger charge is -2.28.